The van der Waals surface area contributed by atoms with E-state index in [1.54, 1.807) is 6.92 Å². The summed E-state index contributed by atoms with van der Waals surface area (Å²) in [5.74, 6) is -0.0237. The van der Waals surface area contributed by atoms with E-state index in [9.17, 15) is 4.79 Å². The van der Waals surface area contributed by atoms with Crippen molar-refractivity contribution < 1.29 is 4.79 Å². The number of aryl methyl sites for hydroxylation is 1. The average molecular weight is 216 g/mol. The Morgan fingerprint density at radius 1 is 1.73 bits per heavy atom. The third-order valence-electron chi connectivity index (χ3n) is 1.10. The lowest BCUT2D eigenvalue weighted by Crippen LogP contribution is -2.14. The number of rotatable bonds is 1. The molecule has 0 saturated heterocycles. The van der Waals surface area contributed by atoms with Gasteiger partial charge >= 0.3 is 0 Å². The maximum Gasteiger partial charge on any atom is 0.268 e. The summed E-state index contributed by atoms with van der Waals surface area (Å²) in [4.78, 5) is 18.4. The molecule has 4 nitrogen and oxygen atoms in total. The molecule has 1 heterocycles. The summed E-state index contributed by atoms with van der Waals surface area (Å²) < 4.78 is 0.524. The second-order valence-corrected chi connectivity index (χ2v) is 2.83. The van der Waals surface area contributed by atoms with E-state index in [-0.39, 0.29) is 5.69 Å². The SMILES string of the molecule is Cc1ncc(Br)c(C(N)=O)n1. The van der Waals surface area contributed by atoms with Gasteiger partial charge in [0.25, 0.3) is 5.91 Å². The van der Waals surface area contributed by atoms with Crippen molar-refractivity contribution in [3.05, 3.63) is 22.2 Å². The van der Waals surface area contributed by atoms with Gasteiger partial charge in [-0.1, -0.05) is 0 Å². The van der Waals surface area contributed by atoms with Crippen LogP contribution in [-0.2, 0) is 0 Å². The van der Waals surface area contributed by atoms with Gasteiger partial charge in [0.2, 0.25) is 0 Å². The fourth-order valence-electron chi connectivity index (χ4n) is 0.628. The molecule has 0 spiro atoms. The minimum atomic E-state index is -0.553. The number of aromatic nitrogens is 2. The summed E-state index contributed by atoms with van der Waals surface area (Å²) >= 11 is 3.11. The van der Waals surface area contributed by atoms with Gasteiger partial charge in [0, 0.05) is 6.20 Å². The molecule has 1 aromatic heterocycles. The molecule has 1 aromatic rings. The van der Waals surface area contributed by atoms with Gasteiger partial charge in [0.15, 0.2) is 0 Å². The summed E-state index contributed by atoms with van der Waals surface area (Å²) in [5.41, 5.74) is 5.24. The van der Waals surface area contributed by atoms with Crippen LogP contribution in [0.2, 0.25) is 0 Å². The molecule has 11 heavy (non-hydrogen) atoms. The van der Waals surface area contributed by atoms with Gasteiger partial charge in [-0.05, 0) is 22.9 Å². The van der Waals surface area contributed by atoms with Gasteiger partial charge in [-0.3, -0.25) is 4.79 Å². The van der Waals surface area contributed by atoms with Crippen molar-refractivity contribution in [1.82, 2.24) is 9.97 Å². The minimum Gasteiger partial charge on any atom is -0.364 e. The first kappa shape index (κ1) is 8.13. The molecule has 1 amide bonds. The van der Waals surface area contributed by atoms with Gasteiger partial charge in [0.1, 0.15) is 11.5 Å². The van der Waals surface area contributed by atoms with Crippen LogP contribution in [0.5, 0.6) is 0 Å². The number of hydrogen-bond donors (Lipinski definition) is 1. The molecule has 0 radical (unpaired) electrons. The van der Waals surface area contributed by atoms with Crippen LogP contribution >= 0.6 is 15.9 Å². The standard InChI is InChI=1S/C6H6BrN3O/c1-3-9-2-4(7)5(10-3)6(8)11/h2H,1H3,(H2,8,11). The van der Waals surface area contributed by atoms with Crippen molar-refractivity contribution in [2.75, 3.05) is 0 Å². The molecule has 0 bridgehead atoms. The van der Waals surface area contributed by atoms with Gasteiger partial charge in [0.05, 0.1) is 4.47 Å². The Hall–Kier alpha value is -0.970. The van der Waals surface area contributed by atoms with Crippen LogP contribution in [0, 0.1) is 6.92 Å². The van der Waals surface area contributed by atoms with Crippen LogP contribution in [-0.4, -0.2) is 15.9 Å². The highest BCUT2D eigenvalue weighted by Crippen LogP contribution is 2.11. The predicted octanol–water partition coefficient (Wildman–Crippen LogP) is 0.646. The van der Waals surface area contributed by atoms with E-state index in [0.29, 0.717) is 10.3 Å². The molecular weight excluding hydrogens is 210 g/mol. The lowest BCUT2D eigenvalue weighted by atomic mass is 10.4. The molecular formula is C6H6BrN3O. The van der Waals surface area contributed by atoms with E-state index in [0.717, 1.165) is 0 Å². The zero-order valence-corrected chi connectivity index (χ0v) is 7.42. The highest BCUT2D eigenvalue weighted by atomic mass is 79.9. The molecule has 0 aromatic carbocycles. The van der Waals surface area contributed by atoms with Gasteiger partial charge in [-0.2, -0.15) is 0 Å². The minimum absolute atomic E-state index is 0.220. The van der Waals surface area contributed by atoms with Crippen LogP contribution in [0.3, 0.4) is 0 Å². The normalized spacial score (nSPS) is 9.64. The van der Waals surface area contributed by atoms with Crippen LogP contribution in [0.1, 0.15) is 16.3 Å². The number of halogens is 1. The molecule has 58 valence electrons. The van der Waals surface area contributed by atoms with E-state index in [2.05, 4.69) is 25.9 Å². The number of hydrogen-bond acceptors (Lipinski definition) is 3. The molecule has 0 aliphatic carbocycles. The Labute approximate surface area is 72.0 Å². The fraction of sp³-hybridized carbons (Fsp3) is 0.167. The van der Waals surface area contributed by atoms with E-state index < -0.39 is 5.91 Å². The van der Waals surface area contributed by atoms with Crippen molar-refractivity contribution in [3.63, 3.8) is 0 Å². The monoisotopic (exact) mass is 215 g/mol. The Kier molecular flexibility index (Phi) is 2.19. The molecule has 0 atom stereocenters. The Bertz CT molecular complexity index is 300. The quantitative estimate of drug-likeness (QED) is 0.748. The Morgan fingerprint density at radius 3 is 2.82 bits per heavy atom. The first-order valence-electron chi connectivity index (χ1n) is 2.90. The molecule has 0 saturated carbocycles. The van der Waals surface area contributed by atoms with Gasteiger partial charge in [-0.25, -0.2) is 9.97 Å². The molecule has 0 fully saturated rings. The largest absolute Gasteiger partial charge is 0.364 e. The van der Waals surface area contributed by atoms with Crippen LogP contribution < -0.4 is 5.73 Å². The predicted molar refractivity (Wildman–Crippen MR) is 43.0 cm³/mol. The van der Waals surface area contributed by atoms with Crippen LogP contribution in [0.15, 0.2) is 10.7 Å². The topological polar surface area (TPSA) is 68.9 Å². The lowest BCUT2D eigenvalue weighted by Gasteiger charge is -1.97. The molecule has 2 N–H and O–H groups in total. The fourth-order valence-corrected chi connectivity index (χ4v) is 1.01. The second-order valence-electron chi connectivity index (χ2n) is 1.98. The first-order valence-corrected chi connectivity index (χ1v) is 3.69. The zero-order chi connectivity index (χ0) is 8.43. The van der Waals surface area contributed by atoms with E-state index in [4.69, 9.17) is 5.73 Å². The Morgan fingerprint density at radius 2 is 2.36 bits per heavy atom. The second kappa shape index (κ2) is 2.96. The number of carbonyl (C=O) groups is 1. The van der Waals surface area contributed by atoms with Crippen LogP contribution in [0.4, 0.5) is 0 Å². The number of nitrogens with two attached hydrogens (primary N) is 1. The zero-order valence-electron chi connectivity index (χ0n) is 5.84. The van der Waals surface area contributed by atoms with Crippen LogP contribution in [0.25, 0.3) is 0 Å². The number of primary amides is 1. The summed E-state index contributed by atoms with van der Waals surface area (Å²) in [6, 6.07) is 0. The maximum atomic E-state index is 10.7. The summed E-state index contributed by atoms with van der Waals surface area (Å²) in [7, 11) is 0. The van der Waals surface area contributed by atoms with Crippen molar-refractivity contribution in [1.29, 1.82) is 0 Å². The molecule has 1 rings (SSSR count). The Balaban J connectivity index is 3.23. The van der Waals surface area contributed by atoms with E-state index in [1.807, 2.05) is 0 Å². The summed E-state index contributed by atoms with van der Waals surface area (Å²) in [6.07, 6.45) is 1.50. The van der Waals surface area contributed by atoms with Crippen molar-refractivity contribution in [2.24, 2.45) is 5.73 Å². The lowest BCUT2D eigenvalue weighted by molar-refractivity contribution is 0.0994. The highest BCUT2D eigenvalue weighted by molar-refractivity contribution is 9.10. The smallest absolute Gasteiger partial charge is 0.268 e. The third-order valence-corrected chi connectivity index (χ3v) is 1.68. The molecule has 0 aliphatic heterocycles. The average Bonchev–Trinajstić information content (AvgIpc) is 1.94. The van der Waals surface area contributed by atoms with E-state index in [1.165, 1.54) is 6.20 Å². The van der Waals surface area contributed by atoms with Crippen molar-refractivity contribution in [2.45, 2.75) is 6.92 Å². The number of amides is 1. The van der Waals surface area contributed by atoms with E-state index >= 15 is 0 Å². The number of nitrogens with zero attached hydrogens (tertiary/aromatic N) is 2. The molecule has 5 heteroatoms. The van der Waals surface area contributed by atoms with Crippen molar-refractivity contribution >= 4 is 21.8 Å². The maximum absolute atomic E-state index is 10.7. The first-order chi connectivity index (χ1) is 5.11. The van der Waals surface area contributed by atoms with Gasteiger partial charge in [-0.15, -0.1) is 0 Å². The summed E-state index contributed by atoms with van der Waals surface area (Å²) in [6.45, 7) is 1.69. The van der Waals surface area contributed by atoms with Gasteiger partial charge < -0.3 is 5.73 Å². The molecule has 0 aliphatic rings. The highest BCUT2D eigenvalue weighted by Gasteiger charge is 2.07. The molecule has 0 unspecified atom stereocenters. The summed E-state index contributed by atoms with van der Waals surface area (Å²) in [5, 5.41) is 0. The number of carbonyl (C=O) groups excluding carboxylic acids is 1. The van der Waals surface area contributed by atoms with Crippen molar-refractivity contribution in [3.8, 4) is 0 Å². The third kappa shape index (κ3) is 1.74.